The molecule has 1 unspecified atom stereocenters. The van der Waals surface area contributed by atoms with E-state index in [0.717, 1.165) is 12.5 Å². The van der Waals surface area contributed by atoms with Crippen molar-refractivity contribution in [2.45, 2.75) is 45.4 Å². The standard InChI is InChI=1S/C14H24N2O2/c1-10-2-4-11(5-3-10)8-16-14(18)12-6-7-13(17)15-9-12/h10-12H,2-9H2,1H3,(H,15,17)(H,16,18). The quantitative estimate of drug-likeness (QED) is 0.799. The second-order valence-corrected chi connectivity index (χ2v) is 5.91. The van der Waals surface area contributed by atoms with Gasteiger partial charge < -0.3 is 10.6 Å². The number of carbonyl (C=O) groups is 2. The lowest BCUT2D eigenvalue weighted by atomic mass is 9.83. The Hall–Kier alpha value is -1.06. The van der Waals surface area contributed by atoms with E-state index in [1.807, 2.05) is 0 Å². The Balaban J connectivity index is 1.67. The van der Waals surface area contributed by atoms with Crippen LogP contribution in [0.3, 0.4) is 0 Å². The smallest absolute Gasteiger partial charge is 0.224 e. The molecule has 102 valence electrons. The fourth-order valence-corrected chi connectivity index (χ4v) is 2.88. The maximum absolute atomic E-state index is 11.9. The summed E-state index contributed by atoms with van der Waals surface area (Å²) in [4.78, 5) is 23.0. The molecule has 0 bridgehead atoms. The minimum Gasteiger partial charge on any atom is -0.356 e. The van der Waals surface area contributed by atoms with Gasteiger partial charge in [-0.2, -0.15) is 0 Å². The highest BCUT2D eigenvalue weighted by molar-refractivity contribution is 5.83. The van der Waals surface area contributed by atoms with Crippen molar-refractivity contribution < 1.29 is 9.59 Å². The molecule has 2 N–H and O–H groups in total. The molecule has 1 aliphatic carbocycles. The molecular weight excluding hydrogens is 228 g/mol. The highest BCUT2D eigenvalue weighted by atomic mass is 16.2. The topological polar surface area (TPSA) is 58.2 Å². The predicted molar refractivity (Wildman–Crippen MR) is 69.9 cm³/mol. The van der Waals surface area contributed by atoms with Gasteiger partial charge in [-0.25, -0.2) is 0 Å². The summed E-state index contributed by atoms with van der Waals surface area (Å²) in [5.74, 6) is 1.67. The van der Waals surface area contributed by atoms with Crippen LogP contribution < -0.4 is 10.6 Å². The Bertz CT molecular complexity index is 299. The lowest BCUT2D eigenvalue weighted by Gasteiger charge is -2.27. The van der Waals surface area contributed by atoms with Crippen LogP contribution in [0.2, 0.25) is 0 Å². The molecular formula is C14H24N2O2. The average Bonchev–Trinajstić information content (AvgIpc) is 2.38. The highest BCUT2D eigenvalue weighted by Crippen LogP contribution is 2.27. The molecule has 1 heterocycles. The van der Waals surface area contributed by atoms with E-state index >= 15 is 0 Å². The fourth-order valence-electron chi connectivity index (χ4n) is 2.88. The summed E-state index contributed by atoms with van der Waals surface area (Å²) in [7, 11) is 0. The van der Waals surface area contributed by atoms with Gasteiger partial charge in [-0.15, -0.1) is 0 Å². The molecule has 0 aromatic carbocycles. The first kappa shape index (κ1) is 13.4. The minimum absolute atomic E-state index is 0.0229. The normalized spacial score (nSPS) is 32.7. The van der Waals surface area contributed by atoms with Crippen LogP contribution >= 0.6 is 0 Å². The minimum atomic E-state index is -0.0229. The van der Waals surface area contributed by atoms with Crippen LogP contribution in [0.4, 0.5) is 0 Å². The Labute approximate surface area is 109 Å². The first-order valence-electron chi connectivity index (χ1n) is 7.19. The maximum Gasteiger partial charge on any atom is 0.224 e. The van der Waals surface area contributed by atoms with Crippen molar-refractivity contribution in [2.75, 3.05) is 13.1 Å². The zero-order valence-corrected chi connectivity index (χ0v) is 11.2. The number of nitrogens with one attached hydrogen (secondary N) is 2. The van der Waals surface area contributed by atoms with Crippen molar-refractivity contribution in [3.63, 3.8) is 0 Å². The van der Waals surface area contributed by atoms with E-state index in [9.17, 15) is 9.59 Å². The summed E-state index contributed by atoms with van der Waals surface area (Å²) >= 11 is 0. The Morgan fingerprint density at radius 1 is 1.28 bits per heavy atom. The van der Waals surface area contributed by atoms with Crippen LogP contribution in [-0.2, 0) is 9.59 Å². The van der Waals surface area contributed by atoms with Gasteiger partial charge >= 0.3 is 0 Å². The van der Waals surface area contributed by atoms with Gasteiger partial charge in [0, 0.05) is 19.5 Å². The van der Waals surface area contributed by atoms with Crippen molar-refractivity contribution in [2.24, 2.45) is 17.8 Å². The third-order valence-corrected chi connectivity index (χ3v) is 4.34. The zero-order valence-electron chi connectivity index (χ0n) is 11.2. The molecule has 2 amide bonds. The summed E-state index contributed by atoms with van der Waals surface area (Å²) in [5, 5.41) is 5.82. The summed E-state index contributed by atoms with van der Waals surface area (Å²) in [6, 6.07) is 0. The van der Waals surface area contributed by atoms with Crippen molar-refractivity contribution in [1.82, 2.24) is 10.6 Å². The third-order valence-electron chi connectivity index (χ3n) is 4.34. The van der Waals surface area contributed by atoms with E-state index < -0.39 is 0 Å². The molecule has 0 aromatic heterocycles. The van der Waals surface area contributed by atoms with Crippen LogP contribution in [-0.4, -0.2) is 24.9 Å². The van der Waals surface area contributed by atoms with Gasteiger partial charge in [0.15, 0.2) is 0 Å². The third kappa shape index (κ3) is 3.72. The summed E-state index contributed by atoms with van der Waals surface area (Å²) in [5.41, 5.74) is 0. The molecule has 4 nitrogen and oxygen atoms in total. The Morgan fingerprint density at radius 3 is 2.61 bits per heavy atom. The number of amides is 2. The van der Waals surface area contributed by atoms with Crippen LogP contribution in [0.25, 0.3) is 0 Å². The molecule has 0 spiro atoms. The highest BCUT2D eigenvalue weighted by Gasteiger charge is 2.25. The van der Waals surface area contributed by atoms with Crippen LogP contribution in [0.1, 0.15) is 45.4 Å². The molecule has 1 aliphatic heterocycles. The second-order valence-electron chi connectivity index (χ2n) is 5.91. The van der Waals surface area contributed by atoms with E-state index in [0.29, 0.717) is 25.3 Å². The van der Waals surface area contributed by atoms with Gasteiger partial charge in [0.1, 0.15) is 0 Å². The molecule has 1 saturated heterocycles. The van der Waals surface area contributed by atoms with Crippen LogP contribution in [0, 0.1) is 17.8 Å². The molecule has 1 saturated carbocycles. The zero-order chi connectivity index (χ0) is 13.0. The number of piperidine rings is 1. The maximum atomic E-state index is 11.9. The van der Waals surface area contributed by atoms with Gasteiger partial charge in [0.2, 0.25) is 11.8 Å². The molecule has 2 aliphatic rings. The average molecular weight is 252 g/mol. The van der Waals surface area contributed by atoms with Crippen molar-refractivity contribution >= 4 is 11.8 Å². The van der Waals surface area contributed by atoms with Gasteiger partial charge in [0.05, 0.1) is 5.92 Å². The van der Waals surface area contributed by atoms with E-state index in [-0.39, 0.29) is 17.7 Å². The van der Waals surface area contributed by atoms with Crippen molar-refractivity contribution in [3.8, 4) is 0 Å². The molecule has 2 rings (SSSR count). The summed E-state index contributed by atoms with van der Waals surface area (Å²) in [6.45, 7) is 3.63. The second kappa shape index (κ2) is 6.21. The monoisotopic (exact) mass is 252 g/mol. The first-order valence-corrected chi connectivity index (χ1v) is 7.19. The van der Waals surface area contributed by atoms with E-state index in [1.165, 1.54) is 25.7 Å². The first-order chi connectivity index (χ1) is 8.65. The summed E-state index contributed by atoms with van der Waals surface area (Å²) in [6.07, 6.45) is 6.24. The lowest BCUT2D eigenvalue weighted by Crippen LogP contribution is -2.44. The van der Waals surface area contributed by atoms with Crippen molar-refractivity contribution in [3.05, 3.63) is 0 Å². The van der Waals surface area contributed by atoms with E-state index in [2.05, 4.69) is 17.6 Å². The molecule has 0 aromatic rings. The van der Waals surface area contributed by atoms with Crippen molar-refractivity contribution in [1.29, 1.82) is 0 Å². The van der Waals surface area contributed by atoms with Gasteiger partial charge in [0.25, 0.3) is 0 Å². The SMILES string of the molecule is CC1CCC(CNC(=O)C2CCC(=O)NC2)CC1. The van der Waals surface area contributed by atoms with Crippen LogP contribution in [0.15, 0.2) is 0 Å². The molecule has 4 heteroatoms. The number of hydrogen-bond donors (Lipinski definition) is 2. The van der Waals surface area contributed by atoms with E-state index in [4.69, 9.17) is 0 Å². The molecule has 1 atom stereocenters. The predicted octanol–water partition coefficient (Wildman–Crippen LogP) is 1.46. The number of hydrogen-bond acceptors (Lipinski definition) is 2. The Kier molecular flexibility index (Phi) is 4.61. The summed E-state index contributed by atoms with van der Waals surface area (Å²) < 4.78 is 0. The van der Waals surface area contributed by atoms with Gasteiger partial charge in [-0.05, 0) is 31.1 Å². The number of carbonyl (C=O) groups excluding carboxylic acids is 2. The number of rotatable bonds is 3. The van der Waals surface area contributed by atoms with Gasteiger partial charge in [-0.1, -0.05) is 19.8 Å². The van der Waals surface area contributed by atoms with Crippen LogP contribution in [0.5, 0.6) is 0 Å². The fraction of sp³-hybridized carbons (Fsp3) is 0.857. The molecule has 18 heavy (non-hydrogen) atoms. The molecule has 2 fully saturated rings. The largest absolute Gasteiger partial charge is 0.356 e. The van der Waals surface area contributed by atoms with Gasteiger partial charge in [-0.3, -0.25) is 9.59 Å². The Morgan fingerprint density at radius 2 is 2.00 bits per heavy atom. The van der Waals surface area contributed by atoms with E-state index in [1.54, 1.807) is 0 Å². The lowest BCUT2D eigenvalue weighted by molar-refractivity contribution is -0.129. The molecule has 0 radical (unpaired) electrons.